The number of nitrogens with one attached hydrogen (secondary N) is 1. The minimum atomic E-state index is -0.684. The molecule has 100 valence electrons. The molecule has 0 saturated carbocycles. The van der Waals surface area contributed by atoms with E-state index in [0.29, 0.717) is 11.2 Å². The van der Waals surface area contributed by atoms with Crippen LogP contribution in [0.15, 0.2) is 28.0 Å². The molecule has 0 aliphatic heterocycles. The van der Waals surface area contributed by atoms with Crippen molar-refractivity contribution in [2.45, 2.75) is 13.0 Å². The van der Waals surface area contributed by atoms with E-state index in [1.165, 1.54) is 10.9 Å². The van der Waals surface area contributed by atoms with Crippen molar-refractivity contribution in [3.8, 4) is 5.95 Å². The van der Waals surface area contributed by atoms with Crippen molar-refractivity contribution >= 4 is 6.72 Å². The molecule has 0 bridgehead atoms. The van der Waals surface area contributed by atoms with Gasteiger partial charge >= 0.3 is 11.4 Å². The normalized spacial score (nSPS) is 10.5. The van der Waals surface area contributed by atoms with Crippen molar-refractivity contribution in [2.24, 2.45) is 0 Å². The number of aromatic amines is 1. The Hall–Kier alpha value is -2.71. The third-order valence-corrected chi connectivity index (χ3v) is 2.41. The second-order valence-electron chi connectivity index (χ2n) is 3.81. The summed E-state index contributed by atoms with van der Waals surface area (Å²) in [4.78, 5) is 29.6. The zero-order chi connectivity index (χ0) is 13.8. The van der Waals surface area contributed by atoms with Crippen LogP contribution in [0, 0.1) is 5.21 Å². The molecule has 0 aliphatic carbocycles. The van der Waals surface area contributed by atoms with E-state index in [4.69, 9.17) is 0 Å². The monoisotopic (exact) mass is 264 g/mol. The predicted octanol–water partition coefficient (Wildman–Crippen LogP) is -1.28. The molecule has 2 rings (SSSR count). The molecular formula is C10H12N6O3. The summed E-state index contributed by atoms with van der Waals surface area (Å²) in [6, 6.07) is 1.64. The maximum atomic E-state index is 11.8. The second-order valence-corrected chi connectivity index (χ2v) is 3.81. The van der Waals surface area contributed by atoms with Crippen LogP contribution in [0.5, 0.6) is 0 Å². The van der Waals surface area contributed by atoms with Crippen molar-refractivity contribution in [1.82, 2.24) is 24.3 Å². The highest BCUT2D eigenvalue weighted by Crippen LogP contribution is 1.92. The lowest BCUT2D eigenvalue weighted by molar-refractivity contribution is -0.449. The molecule has 9 heteroatoms. The van der Waals surface area contributed by atoms with Gasteiger partial charge in [0.1, 0.15) is 6.72 Å². The molecule has 0 aliphatic rings. The summed E-state index contributed by atoms with van der Waals surface area (Å²) in [5, 5.41) is 14.5. The number of hydrogen-bond donors (Lipinski definition) is 1. The molecule has 2 aromatic heterocycles. The van der Waals surface area contributed by atoms with Crippen LogP contribution in [0.2, 0.25) is 0 Å². The van der Waals surface area contributed by atoms with Crippen molar-refractivity contribution in [3.63, 3.8) is 0 Å². The number of rotatable bonds is 5. The van der Waals surface area contributed by atoms with Crippen LogP contribution in [0.1, 0.15) is 6.42 Å². The Bertz CT molecular complexity index is 653. The Morgan fingerprint density at radius 1 is 1.47 bits per heavy atom. The zero-order valence-electron chi connectivity index (χ0n) is 10.0. The van der Waals surface area contributed by atoms with Gasteiger partial charge in [-0.3, -0.25) is 4.98 Å². The first-order chi connectivity index (χ1) is 9.08. The Labute approximate surface area is 107 Å². The van der Waals surface area contributed by atoms with Crippen molar-refractivity contribution in [2.75, 3.05) is 6.54 Å². The SMILES string of the molecule is C=[N+]([O-])CCCn1c(=O)nc(-n2cccn2)[nH]c1=O. The van der Waals surface area contributed by atoms with Crippen molar-refractivity contribution in [3.05, 3.63) is 44.6 Å². The molecule has 19 heavy (non-hydrogen) atoms. The lowest BCUT2D eigenvalue weighted by Gasteiger charge is -2.05. The molecular weight excluding hydrogens is 252 g/mol. The fourth-order valence-electron chi connectivity index (χ4n) is 1.53. The van der Waals surface area contributed by atoms with Gasteiger partial charge in [-0.2, -0.15) is 10.1 Å². The van der Waals surface area contributed by atoms with Crippen molar-refractivity contribution < 1.29 is 4.74 Å². The molecule has 0 amide bonds. The average Bonchev–Trinajstić information content (AvgIpc) is 2.85. The highest BCUT2D eigenvalue weighted by atomic mass is 16.5. The molecule has 0 radical (unpaired) electrons. The Balaban J connectivity index is 2.26. The quantitative estimate of drug-likeness (QED) is 0.313. The van der Waals surface area contributed by atoms with E-state index in [9.17, 15) is 14.8 Å². The molecule has 2 heterocycles. The fraction of sp³-hybridized carbons (Fsp3) is 0.300. The number of hydroxylamine groups is 1. The smallest absolute Gasteiger partial charge is 0.354 e. The maximum absolute atomic E-state index is 11.8. The first-order valence-corrected chi connectivity index (χ1v) is 5.54. The van der Waals surface area contributed by atoms with Crippen LogP contribution < -0.4 is 11.4 Å². The molecule has 1 N–H and O–H groups in total. The highest BCUT2D eigenvalue weighted by molar-refractivity contribution is 5.14. The summed E-state index contributed by atoms with van der Waals surface area (Å²) in [7, 11) is 0. The number of H-pyrrole nitrogens is 1. The third-order valence-electron chi connectivity index (χ3n) is 2.41. The second kappa shape index (κ2) is 5.29. The number of hydrogen-bond acceptors (Lipinski definition) is 5. The fourth-order valence-corrected chi connectivity index (χ4v) is 1.53. The van der Waals surface area contributed by atoms with Gasteiger partial charge in [0.25, 0.3) is 0 Å². The van der Waals surface area contributed by atoms with E-state index < -0.39 is 11.4 Å². The van der Waals surface area contributed by atoms with Gasteiger partial charge in [-0.15, -0.1) is 0 Å². The van der Waals surface area contributed by atoms with Gasteiger partial charge in [0, 0.05) is 25.4 Å². The lowest BCUT2D eigenvalue weighted by Crippen LogP contribution is -2.38. The Morgan fingerprint density at radius 3 is 2.84 bits per heavy atom. The lowest BCUT2D eigenvalue weighted by atomic mass is 10.4. The summed E-state index contributed by atoms with van der Waals surface area (Å²) in [6.07, 6.45) is 3.39. The van der Waals surface area contributed by atoms with Crippen LogP contribution in [0.25, 0.3) is 5.95 Å². The van der Waals surface area contributed by atoms with Gasteiger partial charge in [0.2, 0.25) is 5.95 Å². The predicted molar refractivity (Wildman–Crippen MR) is 66.5 cm³/mol. The molecule has 0 aromatic carbocycles. The van der Waals surface area contributed by atoms with Gasteiger partial charge in [-0.1, -0.05) is 0 Å². The minimum Gasteiger partial charge on any atom is -0.624 e. The minimum absolute atomic E-state index is 0.0545. The summed E-state index contributed by atoms with van der Waals surface area (Å²) in [6.45, 7) is 3.38. The first-order valence-electron chi connectivity index (χ1n) is 5.54. The first kappa shape index (κ1) is 12.7. The summed E-state index contributed by atoms with van der Waals surface area (Å²) in [5.41, 5.74) is -1.28. The van der Waals surface area contributed by atoms with Crippen LogP contribution in [-0.2, 0) is 6.54 Å². The molecule has 0 spiro atoms. The number of aromatic nitrogens is 5. The standard InChI is InChI=1S/C10H12N6O3/c1-14(19)5-3-6-15-9(17)12-8(13-10(15)18)16-7-2-4-11-16/h2,4,7H,1,3,5-6H2,(H,12,13,17,18). The molecule has 9 nitrogen and oxygen atoms in total. The van der Waals surface area contributed by atoms with Gasteiger partial charge in [-0.25, -0.2) is 23.6 Å². The van der Waals surface area contributed by atoms with E-state index in [0.717, 1.165) is 4.57 Å². The molecule has 0 atom stereocenters. The van der Waals surface area contributed by atoms with E-state index >= 15 is 0 Å². The molecule has 0 saturated heterocycles. The van der Waals surface area contributed by atoms with Gasteiger partial charge in [-0.05, 0) is 6.07 Å². The largest absolute Gasteiger partial charge is 0.624 e. The van der Waals surface area contributed by atoms with Crippen LogP contribution in [-0.4, -0.2) is 42.3 Å². The number of nitrogens with zero attached hydrogens (tertiary/aromatic N) is 5. The topological polar surface area (TPSA) is 112 Å². The van der Waals surface area contributed by atoms with Crippen molar-refractivity contribution in [1.29, 1.82) is 0 Å². The Kier molecular flexibility index (Phi) is 3.55. The van der Waals surface area contributed by atoms with E-state index in [2.05, 4.69) is 21.8 Å². The molecule has 0 fully saturated rings. The third kappa shape index (κ3) is 2.94. The highest BCUT2D eigenvalue weighted by Gasteiger charge is 2.07. The van der Waals surface area contributed by atoms with Gasteiger partial charge in [0.15, 0.2) is 6.54 Å². The van der Waals surface area contributed by atoms with E-state index in [1.807, 2.05) is 0 Å². The summed E-state index contributed by atoms with van der Waals surface area (Å²) >= 11 is 0. The maximum Gasteiger partial charge on any atom is 0.354 e. The average molecular weight is 264 g/mol. The van der Waals surface area contributed by atoms with Crippen LogP contribution in [0.3, 0.4) is 0 Å². The summed E-state index contributed by atoms with van der Waals surface area (Å²) < 4.78 is 2.70. The molecule has 0 unspecified atom stereocenters. The zero-order valence-corrected chi connectivity index (χ0v) is 10.0. The van der Waals surface area contributed by atoms with E-state index in [1.54, 1.807) is 12.3 Å². The van der Waals surface area contributed by atoms with Crippen LogP contribution >= 0.6 is 0 Å². The van der Waals surface area contributed by atoms with E-state index in [-0.39, 0.29) is 19.0 Å². The molecule has 2 aromatic rings. The van der Waals surface area contributed by atoms with Gasteiger partial charge < -0.3 is 5.21 Å². The van der Waals surface area contributed by atoms with Crippen LogP contribution in [0.4, 0.5) is 0 Å². The summed E-state index contributed by atoms with van der Waals surface area (Å²) in [5.74, 6) is 0.0545. The Morgan fingerprint density at radius 2 is 2.26 bits per heavy atom. The van der Waals surface area contributed by atoms with Gasteiger partial charge in [0.05, 0.1) is 0 Å².